The fraction of sp³-hybridized carbons (Fsp3) is 0.333. The summed E-state index contributed by atoms with van der Waals surface area (Å²) in [4.78, 5) is 11.0. The van der Waals surface area contributed by atoms with E-state index < -0.39 is 27.9 Å². The number of carboxylic acid groups (broad SMARTS) is 1. The summed E-state index contributed by atoms with van der Waals surface area (Å²) < 4.78 is 41.6. The predicted molar refractivity (Wildman–Crippen MR) is 84.8 cm³/mol. The standard InChI is InChI=1S/C15H18FN3O4S/c1-2-3-7-13(15(20)21)18-24(22,23)11-9-17-19(10-11)14-8-5-4-6-12(14)16/h4-6,8-10,13,18H,2-3,7H2,1H3,(H,20,21)/t13-/m0/s1. The van der Waals surface area contributed by atoms with Gasteiger partial charge in [0.15, 0.2) is 0 Å². The van der Waals surface area contributed by atoms with Crippen LogP contribution in [0, 0.1) is 5.82 Å². The third-order valence-corrected chi connectivity index (χ3v) is 4.84. The van der Waals surface area contributed by atoms with Crippen LogP contribution in [0.15, 0.2) is 41.6 Å². The third kappa shape index (κ3) is 4.18. The van der Waals surface area contributed by atoms with E-state index in [0.717, 1.165) is 23.5 Å². The van der Waals surface area contributed by atoms with Crippen molar-refractivity contribution in [3.63, 3.8) is 0 Å². The summed E-state index contributed by atoms with van der Waals surface area (Å²) in [6.07, 6.45) is 3.70. The summed E-state index contributed by atoms with van der Waals surface area (Å²) in [5, 5.41) is 13.0. The van der Waals surface area contributed by atoms with Gasteiger partial charge in [0.05, 0.1) is 12.4 Å². The van der Waals surface area contributed by atoms with Crippen molar-refractivity contribution in [2.24, 2.45) is 0 Å². The van der Waals surface area contributed by atoms with E-state index in [1.807, 2.05) is 6.92 Å². The Morgan fingerprint density at radius 1 is 1.42 bits per heavy atom. The van der Waals surface area contributed by atoms with Crippen LogP contribution in [0.1, 0.15) is 26.2 Å². The van der Waals surface area contributed by atoms with E-state index in [2.05, 4.69) is 9.82 Å². The number of sulfonamides is 1. The zero-order valence-electron chi connectivity index (χ0n) is 13.0. The molecule has 2 aromatic rings. The van der Waals surface area contributed by atoms with Gasteiger partial charge in [0.2, 0.25) is 10.0 Å². The summed E-state index contributed by atoms with van der Waals surface area (Å²) in [6.45, 7) is 1.88. The molecule has 0 aliphatic carbocycles. The molecule has 0 aliphatic rings. The van der Waals surface area contributed by atoms with E-state index in [1.165, 1.54) is 18.2 Å². The minimum atomic E-state index is -4.07. The van der Waals surface area contributed by atoms with E-state index in [1.54, 1.807) is 6.07 Å². The number of aliphatic carboxylic acids is 1. The number of hydrogen-bond acceptors (Lipinski definition) is 4. The number of carboxylic acids is 1. The third-order valence-electron chi connectivity index (χ3n) is 3.41. The van der Waals surface area contributed by atoms with Gasteiger partial charge < -0.3 is 5.11 Å². The highest BCUT2D eigenvalue weighted by Gasteiger charge is 2.26. The Morgan fingerprint density at radius 2 is 2.12 bits per heavy atom. The van der Waals surface area contributed by atoms with Crippen molar-refractivity contribution in [1.82, 2.24) is 14.5 Å². The molecule has 2 rings (SSSR count). The summed E-state index contributed by atoms with van der Waals surface area (Å²) in [7, 11) is -4.07. The van der Waals surface area contributed by atoms with Crippen LogP contribution in [0.4, 0.5) is 4.39 Å². The molecule has 1 atom stereocenters. The normalized spacial score (nSPS) is 12.9. The van der Waals surface area contributed by atoms with Crippen LogP contribution in [0.5, 0.6) is 0 Å². The van der Waals surface area contributed by atoms with Crippen molar-refractivity contribution in [2.45, 2.75) is 37.1 Å². The topological polar surface area (TPSA) is 101 Å². The van der Waals surface area contributed by atoms with E-state index in [-0.39, 0.29) is 17.0 Å². The Morgan fingerprint density at radius 3 is 2.75 bits per heavy atom. The number of halogens is 1. The number of rotatable bonds is 8. The Balaban J connectivity index is 2.24. The lowest BCUT2D eigenvalue weighted by Crippen LogP contribution is -2.40. The molecule has 0 amide bonds. The molecule has 130 valence electrons. The van der Waals surface area contributed by atoms with Crippen LogP contribution in [-0.2, 0) is 14.8 Å². The molecule has 0 fully saturated rings. The van der Waals surface area contributed by atoms with Crippen molar-refractivity contribution in [2.75, 3.05) is 0 Å². The van der Waals surface area contributed by atoms with Gasteiger partial charge in [-0.1, -0.05) is 31.9 Å². The molecule has 1 aromatic carbocycles. The maximum absolute atomic E-state index is 13.7. The average Bonchev–Trinajstić information content (AvgIpc) is 3.02. The Labute approximate surface area is 139 Å². The summed E-state index contributed by atoms with van der Waals surface area (Å²) in [6, 6.07) is 4.57. The van der Waals surface area contributed by atoms with Gasteiger partial charge in [-0.05, 0) is 18.6 Å². The minimum Gasteiger partial charge on any atom is -0.480 e. The average molecular weight is 355 g/mol. The largest absolute Gasteiger partial charge is 0.480 e. The van der Waals surface area contributed by atoms with Gasteiger partial charge >= 0.3 is 5.97 Å². The minimum absolute atomic E-state index is 0.0970. The summed E-state index contributed by atoms with van der Waals surface area (Å²) in [5.74, 6) is -1.79. The number of carbonyl (C=O) groups is 1. The highest BCUT2D eigenvalue weighted by Crippen LogP contribution is 2.16. The van der Waals surface area contributed by atoms with Gasteiger partial charge in [-0.15, -0.1) is 0 Å². The second-order valence-corrected chi connectivity index (χ2v) is 6.94. The van der Waals surface area contributed by atoms with Crippen molar-refractivity contribution in [3.05, 3.63) is 42.5 Å². The van der Waals surface area contributed by atoms with Gasteiger partial charge in [-0.25, -0.2) is 17.5 Å². The van der Waals surface area contributed by atoms with E-state index in [9.17, 15) is 17.6 Å². The van der Waals surface area contributed by atoms with E-state index in [0.29, 0.717) is 6.42 Å². The first kappa shape index (κ1) is 18.1. The first-order valence-electron chi connectivity index (χ1n) is 7.40. The molecular formula is C15H18FN3O4S. The molecule has 0 radical (unpaired) electrons. The highest BCUT2D eigenvalue weighted by atomic mass is 32.2. The molecule has 0 spiro atoms. The number of hydrogen-bond donors (Lipinski definition) is 2. The second kappa shape index (κ2) is 7.54. The number of nitrogens with one attached hydrogen (secondary N) is 1. The lowest BCUT2D eigenvalue weighted by molar-refractivity contribution is -0.139. The first-order valence-corrected chi connectivity index (χ1v) is 8.88. The van der Waals surface area contributed by atoms with Crippen molar-refractivity contribution in [3.8, 4) is 5.69 Å². The molecule has 2 N–H and O–H groups in total. The second-order valence-electron chi connectivity index (χ2n) is 5.23. The van der Waals surface area contributed by atoms with Crippen LogP contribution in [0.3, 0.4) is 0 Å². The van der Waals surface area contributed by atoms with Crippen LogP contribution in [0.25, 0.3) is 5.69 Å². The number of benzene rings is 1. The molecule has 0 aliphatic heterocycles. The predicted octanol–water partition coefficient (Wildman–Crippen LogP) is 1.93. The van der Waals surface area contributed by atoms with Gasteiger partial charge in [0.25, 0.3) is 0 Å². The molecule has 0 saturated carbocycles. The van der Waals surface area contributed by atoms with Crippen LogP contribution < -0.4 is 4.72 Å². The molecule has 9 heteroatoms. The van der Waals surface area contributed by atoms with Gasteiger partial charge in [-0.2, -0.15) is 9.82 Å². The fourth-order valence-corrected chi connectivity index (χ4v) is 3.26. The lowest BCUT2D eigenvalue weighted by Gasteiger charge is -2.13. The molecule has 7 nitrogen and oxygen atoms in total. The molecule has 0 bridgehead atoms. The molecule has 24 heavy (non-hydrogen) atoms. The van der Waals surface area contributed by atoms with Gasteiger partial charge in [-0.3, -0.25) is 4.79 Å². The zero-order valence-corrected chi connectivity index (χ0v) is 13.8. The van der Waals surface area contributed by atoms with Gasteiger partial charge in [0.1, 0.15) is 22.4 Å². The highest BCUT2D eigenvalue weighted by molar-refractivity contribution is 7.89. The maximum atomic E-state index is 13.7. The van der Waals surface area contributed by atoms with E-state index in [4.69, 9.17) is 5.11 Å². The Bertz CT molecular complexity index is 820. The van der Waals surface area contributed by atoms with E-state index >= 15 is 0 Å². The monoisotopic (exact) mass is 355 g/mol. The molecule has 0 unspecified atom stereocenters. The number of nitrogens with zero attached hydrogens (tertiary/aromatic N) is 2. The molecular weight excluding hydrogens is 337 g/mol. The smallest absolute Gasteiger partial charge is 0.321 e. The SMILES string of the molecule is CCCC[C@H](NS(=O)(=O)c1cnn(-c2ccccc2F)c1)C(=O)O. The van der Waals surface area contributed by atoms with Crippen LogP contribution in [0.2, 0.25) is 0 Å². The maximum Gasteiger partial charge on any atom is 0.321 e. The summed E-state index contributed by atoms with van der Waals surface area (Å²) in [5.41, 5.74) is 0.0970. The number of unbranched alkanes of at least 4 members (excludes halogenated alkanes) is 1. The lowest BCUT2D eigenvalue weighted by atomic mass is 10.1. The Hall–Kier alpha value is -2.26. The molecule has 1 heterocycles. The number of para-hydroxylation sites is 1. The van der Waals surface area contributed by atoms with Crippen LogP contribution in [-0.4, -0.2) is 35.3 Å². The van der Waals surface area contributed by atoms with Crippen LogP contribution >= 0.6 is 0 Å². The zero-order chi connectivity index (χ0) is 17.7. The summed E-state index contributed by atoms with van der Waals surface area (Å²) >= 11 is 0. The number of aromatic nitrogens is 2. The first-order chi connectivity index (χ1) is 11.3. The van der Waals surface area contributed by atoms with Crippen molar-refractivity contribution in [1.29, 1.82) is 0 Å². The Kier molecular flexibility index (Phi) is 5.68. The van der Waals surface area contributed by atoms with Gasteiger partial charge in [0, 0.05) is 0 Å². The van der Waals surface area contributed by atoms with Crippen molar-refractivity contribution < 1.29 is 22.7 Å². The fourth-order valence-electron chi connectivity index (χ4n) is 2.11. The molecule has 0 saturated heterocycles. The quantitative estimate of drug-likeness (QED) is 0.753. The molecule has 1 aromatic heterocycles. The van der Waals surface area contributed by atoms with Crippen molar-refractivity contribution >= 4 is 16.0 Å².